The van der Waals surface area contributed by atoms with E-state index in [4.69, 9.17) is 14.6 Å². The van der Waals surface area contributed by atoms with Crippen LogP contribution in [0, 0.1) is 5.41 Å². The second-order valence-corrected chi connectivity index (χ2v) is 5.78. The van der Waals surface area contributed by atoms with Gasteiger partial charge in [0.1, 0.15) is 0 Å². The molecule has 1 aliphatic heterocycles. The number of imidazole rings is 1. The molecule has 112 valence electrons. The SMILES string of the molecule is COC[C@@]1(C)COC[C@H]1n1cnc2ccc(C(=O)O)cc21. The molecule has 0 saturated carbocycles. The molecule has 1 aromatic heterocycles. The number of carboxylic acid groups (broad SMARTS) is 1. The zero-order valence-electron chi connectivity index (χ0n) is 12.1. The van der Waals surface area contributed by atoms with E-state index in [0.717, 1.165) is 11.0 Å². The Morgan fingerprint density at radius 3 is 3.14 bits per heavy atom. The molecule has 0 radical (unpaired) electrons. The highest BCUT2D eigenvalue weighted by Crippen LogP contribution is 2.39. The molecule has 6 nitrogen and oxygen atoms in total. The Kier molecular flexibility index (Phi) is 3.43. The number of methoxy groups -OCH3 is 1. The Hall–Kier alpha value is -1.92. The summed E-state index contributed by atoms with van der Waals surface area (Å²) in [6, 6.07) is 5.04. The first-order valence-corrected chi connectivity index (χ1v) is 6.82. The van der Waals surface area contributed by atoms with Gasteiger partial charge >= 0.3 is 5.97 Å². The molecular weight excluding hydrogens is 272 g/mol. The van der Waals surface area contributed by atoms with Gasteiger partial charge < -0.3 is 19.1 Å². The van der Waals surface area contributed by atoms with E-state index in [1.54, 1.807) is 31.6 Å². The van der Waals surface area contributed by atoms with Gasteiger partial charge in [-0.25, -0.2) is 9.78 Å². The van der Waals surface area contributed by atoms with Crippen molar-refractivity contribution in [3.63, 3.8) is 0 Å². The van der Waals surface area contributed by atoms with E-state index in [9.17, 15) is 4.79 Å². The topological polar surface area (TPSA) is 73.6 Å². The molecule has 2 atom stereocenters. The highest BCUT2D eigenvalue weighted by molar-refractivity contribution is 5.92. The van der Waals surface area contributed by atoms with Crippen LogP contribution in [0.5, 0.6) is 0 Å². The quantitative estimate of drug-likeness (QED) is 0.931. The van der Waals surface area contributed by atoms with E-state index >= 15 is 0 Å². The monoisotopic (exact) mass is 290 g/mol. The smallest absolute Gasteiger partial charge is 0.335 e. The van der Waals surface area contributed by atoms with Gasteiger partial charge in [-0.15, -0.1) is 0 Å². The fraction of sp³-hybridized carbons (Fsp3) is 0.467. The van der Waals surface area contributed by atoms with E-state index in [0.29, 0.717) is 19.8 Å². The Balaban J connectivity index is 2.07. The molecule has 1 saturated heterocycles. The Morgan fingerprint density at radius 1 is 1.62 bits per heavy atom. The highest BCUT2D eigenvalue weighted by Gasteiger charge is 2.41. The molecule has 0 bridgehead atoms. The number of aromatic carboxylic acids is 1. The van der Waals surface area contributed by atoms with Crippen LogP contribution in [0.4, 0.5) is 0 Å². The fourth-order valence-corrected chi connectivity index (χ4v) is 2.99. The molecule has 1 aliphatic rings. The number of hydrogen-bond acceptors (Lipinski definition) is 4. The maximum Gasteiger partial charge on any atom is 0.335 e. The largest absolute Gasteiger partial charge is 0.478 e. The van der Waals surface area contributed by atoms with E-state index < -0.39 is 5.97 Å². The summed E-state index contributed by atoms with van der Waals surface area (Å²) in [6.07, 6.45) is 1.75. The van der Waals surface area contributed by atoms with Crippen LogP contribution in [0.25, 0.3) is 11.0 Å². The zero-order chi connectivity index (χ0) is 15.0. The third-order valence-corrected chi connectivity index (χ3v) is 4.14. The van der Waals surface area contributed by atoms with Crippen molar-refractivity contribution in [1.82, 2.24) is 9.55 Å². The minimum atomic E-state index is -0.938. The van der Waals surface area contributed by atoms with Crippen LogP contribution >= 0.6 is 0 Å². The minimum absolute atomic E-state index is 0.0755. The molecule has 1 aromatic carbocycles. The van der Waals surface area contributed by atoms with E-state index in [-0.39, 0.29) is 17.0 Å². The fourth-order valence-electron chi connectivity index (χ4n) is 2.99. The first kappa shape index (κ1) is 14.0. The zero-order valence-corrected chi connectivity index (χ0v) is 12.1. The summed E-state index contributed by atoms with van der Waals surface area (Å²) < 4.78 is 13.0. The molecule has 0 amide bonds. The summed E-state index contributed by atoms with van der Waals surface area (Å²) in [5.41, 5.74) is 1.71. The Labute approximate surface area is 122 Å². The number of carbonyl (C=O) groups is 1. The molecule has 2 heterocycles. The lowest BCUT2D eigenvalue weighted by Crippen LogP contribution is -2.32. The lowest BCUT2D eigenvalue weighted by atomic mass is 9.86. The minimum Gasteiger partial charge on any atom is -0.478 e. The summed E-state index contributed by atoms with van der Waals surface area (Å²) in [7, 11) is 1.68. The van der Waals surface area contributed by atoms with Crippen LogP contribution in [0.1, 0.15) is 23.3 Å². The van der Waals surface area contributed by atoms with Gasteiger partial charge in [-0.1, -0.05) is 6.92 Å². The number of nitrogens with zero attached hydrogens (tertiary/aromatic N) is 2. The number of ether oxygens (including phenoxy) is 2. The van der Waals surface area contributed by atoms with Crippen LogP contribution in [0.3, 0.4) is 0 Å². The normalized spacial score (nSPS) is 25.5. The predicted molar refractivity (Wildman–Crippen MR) is 76.5 cm³/mol. The number of aromatic nitrogens is 2. The molecule has 1 N–H and O–H groups in total. The second kappa shape index (κ2) is 5.13. The molecule has 0 unspecified atom stereocenters. The van der Waals surface area contributed by atoms with Crippen molar-refractivity contribution >= 4 is 17.0 Å². The van der Waals surface area contributed by atoms with Gasteiger partial charge in [0.15, 0.2) is 0 Å². The van der Waals surface area contributed by atoms with Gasteiger partial charge in [-0.05, 0) is 18.2 Å². The molecule has 2 aromatic rings. The lowest BCUT2D eigenvalue weighted by molar-refractivity contribution is 0.0617. The number of hydrogen-bond donors (Lipinski definition) is 1. The summed E-state index contributed by atoms with van der Waals surface area (Å²) in [5.74, 6) is -0.938. The highest BCUT2D eigenvalue weighted by atomic mass is 16.5. The summed E-state index contributed by atoms with van der Waals surface area (Å²) in [6.45, 7) is 3.88. The van der Waals surface area contributed by atoms with Crippen molar-refractivity contribution in [2.75, 3.05) is 26.9 Å². The van der Waals surface area contributed by atoms with E-state index in [2.05, 4.69) is 11.9 Å². The molecule has 1 fully saturated rings. The van der Waals surface area contributed by atoms with Crippen molar-refractivity contribution in [3.05, 3.63) is 30.1 Å². The van der Waals surface area contributed by atoms with Gasteiger partial charge in [-0.3, -0.25) is 0 Å². The number of fused-ring (bicyclic) bond motifs is 1. The van der Waals surface area contributed by atoms with Crippen molar-refractivity contribution in [3.8, 4) is 0 Å². The first-order valence-electron chi connectivity index (χ1n) is 6.82. The molecule has 21 heavy (non-hydrogen) atoms. The van der Waals surface area contributed by atoms with Gasteiger partial charge in [0.05, 0.1) is 48.8 Å². The van der Waals surface area contributed by atoms with Crippen LogP contribution < -0.4 is 0 Å². The van der Waals surface area contributed by atoms with Crippen molar-refractivity contribution in [2.45, 2.75) is 13.0 Å². The van der Waals surface area contributed by atoms with Gasteiger partial charge in [0.25, 0.3) is 0 Å². The molecule has 0 spiro atoms. The van der Waals surface area contributed by atoms with Crippen LogP contribution in [0.2, 0.25) is 0 Å². The second-order valence-electron chi connectivity index (χ2n) is 5.78. The maximum absolute atomic E-state index is 11.2. The molecule has 6 heteroatoms. The van der Waals surface area contributed by atoms with Gasteiger partial charge in [0, 0.05) is 12.5 Å². The van der Waals surface area contributed by atoms with E-state index in [1.807, 2.05) is 4.57 Å². The van der Waals surface area contributed by atoms with Crippen molar-refractivity contribution in [1.29, 1.82) is 0 Å². The lowest BCUT2D eigenvalue weighted by Gasteiger charge is -2.29. The van der Waals surface area contributed by atoms with Gasteiger partial charge in [-0.2, -0.15) is 0 Å². The number of rotatable bonds is 4. The van der Waals surface area contributed by atoms with E-state index in [1.165, 1.54) is 0 Å². The Bertz CT molecular complexity index is 681. The average Bonchev–Trinajstić information content (AvgIpc) is 3.01. The standard InChI is InChI=1S/C15H18N2O4/c1-15(7-20-2)8-21-6-13(15)17-9-16-11-4-3-10(14(18)19)5-12(11)17/h3-5,9,13H,6-8H2,1-2H3,(H,18,19)/t13-,15+/m1/s1. The van der Waals surface area contributed by atoms with Crippen LogP contribution in [-0.2, 0) is 9.47 Å². The van der Waals surface area contributed by atoms with Crippen molar-refractivity contribution < 1.29 is 19.4 Å². The summed E-state index contributed by atoms with van der Waals surface area (Å²) >= 11 is 0. The predicted octanol–water partition coefficient (Wildman–Crippen LogP) is 1.96. The third kappa shape index (κ3) is 2.30. The van der Waals surface area contributed by atoms with Crippen molar-refractivity contribution in [2.24, 2.45) is 5.41 Å². The summed E-state index contributed by atoms with van der Waals surface area (Å²) in [4.78, 5) is 15.5. The van der Waals surface area contributed by atoms with Crippen LogP contribution in [-0.4, -0.2) is 47.6 Å². The average molecular weight is 290 g/mol. The third-order valence-electron chi connectivity index (χ3n) is 4.14. The van der Waals surface area contributed by atoms with Crippen LogP contribution in [0.15, 0.2) is 24.5 Å². The Morgan fingerprint density at radius 2 is 2.43 bits per heavy atom. The van der Waals surface area contributed by atoms with Gasteiger partial charge in [0.2, 0.25) is 0 Å². The number of benzene rings is 1. The maximum atomic E-state index is 11.2. The molecule has 3 rings (SSSR count). The number of carboxylic acids is 1. The first-order chi connectivity index (χ1) is 10.0. The molecular formula is C15H18N2O4. The summed E-state index contributed by atoms with van der Waals surface area (Å²) in [5, 5.41) is 9.15. The molecule has 0 aliphatic carbocycles.